The first-order valence-electron chi connectivity index (χ1n) is 9.30. The van der Waals surface area contributed by atoms with Gasteiger partial charge in [0, 0.05) is 18.0 Å². The lowest BCUT2D eigenvalue weighted by molar-refractivity contribution is 0.102. The highest BCUT2D eigenvalue weighted by molar-refractivity contribution is 6.09. The fraction of sp³-hybridized carbons (Fsp3) is 0.227. The molecule has 0 spiro atoms. The lowest BCUT2D eigenvalue weighted by Gasteiger charge is -2.13. The third-order valence-electron chi connectivity index (χ3n) is 4.92. The molecule has 0 unspecified atom stereocenters. The number of aryl methyl sites for hydroxylation is 2. The van der Waals surface area contributed by atoms with Crippen molar-refractivity contribution in [3.63, 3.8) is 0 Å². The molecule has 0 saturated carbocycles. The van der Waals surface area contributed by atoms with Crippen LogP contribution in [-0.2, 0) is 7.05 Å². The van der Waals surface area contributed by atoms with Crippen molar-refractivity contribution in [2.75, 3.05) is 26.6 Å². The van der Waals surface area contributed by atoms with Gasteiger partial charge in [0.05, 0.1) is 32.2 Å². The molecular formula is C22H22N4O4. The van der Waals surface area contributed by atoms with Crippen molar-refractivity contribution in [1.82, 2.24) is 14.8 Å². The van der Waals surface area contributed by atoms with Crippen LogP contribution in [0, 0.1) is 6.92 Å². The Morgan fingerprint density at radius 2 is 1.70 bits per heavy atom. The second-order valence-electron chi connectivity index (χ2n) is 6.90. The van der Waals surface area contributed by atoms with Gasteiger partial charge in [-0.25, -0.2) is 9.67 Å². The summed E-state index contributed by atoms with van der Waals surface area (Å²) in [5.74, 6) is 1.30. The van der Waals surface area contributed by atoms with E-state index in [1.165, 1.54) is 21.3 Å². The molecule has 1 N–H and O–H groups in total. The van der Waals surface area contributed by atoms with Gasteiger partial charge in [-0.05, 0) is 37.3 Å². The van der Waals surface area contributed by atoms with Crippen LogP contribution in [-0.4, -0.2) is 42.0 Å². The molecule has 4 rings (SSSR count). The van der Waals surface area contributed by atoms with Gasteiger partial charge in [-0.1, -0.05) is 11.6 Å². The van der Waals surface area contributed by atoms with Crippen LogP contribution in [0.15, 0.2) is 36.4 Å². The van der Waals surface area contributed by atoms with E-state index in [0.29, 0.717) is 34.3 Å². The number of methoxy groups -OCH3 is 3. The molecule has 0 bridgehead atoms. The minimum Gasteiger partial charge on any atom is -0.493 e. The van der Waals surface area contributed by atoms with Gasteiger partial charge in [-0.15, -0.1) is 0 Å². The minimum atomic E-state index is -0.349. The van der Waals surface area contributed by atoms with E-state index in [0.717, 1.165) is 21.9 Å². The van der Waals surface area contributed by atoms with E-state index in [9.17, 15) is 4.79 Å². The van der Waals surface area contributed by atoms with Crippen LogP contribution < -0.4 is 19.5 Å². The van der Waals surface area contributed by atoms with Gasteiger partial charge in [0.25, 0.3) is 5.91 Å². The Bertz CT molecular complexity index is 1250. The molecule has 0 aliphatic heterocycles. The molecule has 2 aromatic heterocycles. The first-order chi connectivity index (χ1) is 14.4. The van der Waals surface area contributed by atoms with Crippen LogP contribution in [0.3, 0.4) is 0 Å². The van der Waals surface area contributed by atoms with Gasteiger partial charge in [0.2, 0.25) is 5.75 Å². The number of rotatable bonds is 5. The molecule has 0 aliphatic rings. The first-order valence-corrected chi connectivity index (χ1v) is 9.30. The summed E-state index contributed by atoms with van der Waals surface area (Å²) in [4.78, 5) is 17.7. The predicted molar refractivity (Wildman–Crippen MR) is 115 cm³/mol. The summed E-state index contributed by atoms with van der Waals surface area (Å²) in [6.07, 6.45) is 0. The Hall–Kier alpha value is -3.81. The average Bonchev–Trinajstić information content (AvgIpc) is 3.05. The van der Waals surface area contributed by atoms with Crippen LogP contribution >= 0.6 is 0 Å². The Labute approximate surface area is 173 Å². The number of hydrogen-bond acceptors (Lipinski definition) is 6. The molecule has 0 atom stereocenters. The summed E-state index contributed by atoms with van der Waals surface area (Å²) in [6.45, 7) is 2.03. The van der Waals surface area contributed by atoms with Crippen molar-refractivity contribution in [3.8, 4) is 17.2 Å². The number of carbonyl (C=O) groups excluding carboxylic acids is 1. The molecule has 0 aliphatic carbocycles. The lowest BCUT2D eigenvalue weighted by Crippen LogP contribution is -2.13. The van der Waals surface area contributed by atoms with E-state index < -0.39 is 0 Å². The standard InChI is InChI=1S/C22H22N4O4/c1-12-6-7-16-13(8-12)9-15-20(25-26(2)21(15)23-16)24-22(27)14-10-17(28-3)19(30-5)18(11-14)29-4/h6-11H,1-5H3,(H,24,25,27). The average molecular weight is 406 g/mol. The maximum Gasteiger partial charge on any atom is 0.257 e. The number of nitrogens with zero attached hydrogens (tertiary/aromatic N) is 3. The molecule has 2 aromatic carbocycles. The summed E-state index contributed by atoms with van der Waals surface area (Å²) < 4.78 is 17.6. The number of anilines is 1. The van der Waals surface area contributed by atoms with Crippen molar-refractivity contribution in [2.45, 2.75) is 6.92 Å². The van der Waals surface area contributed by atoms with E-state index in [1.807, 2.05) is 25.1 Å². The van der Waals surface area contributed by atoms with Crippen LogP contribution in [0.1, 0.15) is 15.9 Å². The third kappa shape index (κ3) is 3.26. The van der Waals surface area contributed by atoms with E-state index in [4.69, 9.17) is 14.2 Å². The molecule has 8 heteroatoms. The maximum atomic E-state index is 13.0. The molecule has 0 saturated heterocycles. The van der Waals surface area contributed by atoms with E-state index in [-0.39, 0.29) is 5.91 Å². The van der Waals surface area contributed by atoms with Gasteiger partial charge in [0.15, 0.2) is 23.0 Å². The topological polar surface area (TPSA) is 87.5 Å². The largest absolute Gasteiger partial charge is 0.493 e. The van der Waals surface area contributed by atoms with Gasteiger partial charge in [-0.3, -0.25) is 4.79 Å². The van der Waals surface area contributed by atoms with Gasteiger partial charge < -0.3 is 19.5 Å². The zero-order chi connectivity index (χ0) is 21.4. The minimum absolute atomic E-state index is 0.349. The Morgan fingerprint density at radius 3 is 2.33 bits per heavy atom. The summed E-state index contributed by atoms with van der Waals surface area (Å²) in [5.41, 5.74) is 3.05. The number of benzene rings is 2. The third-order valence-corrected chi connectivity index (χ3v) is 4.92. The monoisotopic (exact) mass is 406 g/mol. The number of ether oxygens (including phenoxy) is 3. The summed E-state index contributed by atoms with van der Waals surface area (Å²) in [6, 6.07) is 11.2. The normalized spacial score (nSPS) is 11.0. The summed E-state index contributed by atoms with van der Waals surface area (Å²) in [7, 11) is 6.32. The zero-order valence-corrected chi connectivity index (χ0v) is 17.4. The van der Waals surface area contributed by atoms with Gasteiger partial charge in [-0.2, -0.15) is 5.10 Å². The second kappa shape index (κ2) is 7.55. The smallest absolute Gasteiger partial charge is 0.257 e. The maximum absolute atomic E-state index is 13.0. The highest BCUT2D eigenvalue weighted by Gasteiger charge is 2.19. The van der Waals surface area contributed by atoms with E-state index in [2.05, 4.69) is 21.5 Å². The number of hydrogen-bond donors (Lipinski definition) is 1. The van der Waals surface area contributed by atoms with Crippen molar-refractivity contribution in [2.24, 2.45) is 7.05 Å². The highest BCUT2D eigenvalue weighted by atomic mass is 16.5. The van der Waals surface area contributed by atoms with Gasteiger partial charge in [0.1, 0.15) is 0 Å². The molecule has 8 nitrogen and oxygen atoms in total. The van der Waals surface area contributed by atoms with Crippen LogP contribution in [0.5, 0.6) is 17.2 Å². The second-order valence-corrected chi connectivity index (χ2v) is 6.90. The SMILES string of the molecule is COc1cc(C(=O)Nc2nn(C)c3nc4ccc(C)cc4cc23)cc(OC)c1OC. The van der Waals surface area contributed by atoms with Crippen molar-refractivity contribution in [1.29, 1.82) is 0 Å². The van der Waals surface area contributed by atoms with E-state index in [1.54, 1.807) is 23.9 Å². The Kier molecular flexibility index (Phi) is 4.91. The fourth-order valence-electron chi connectivity index (χ4n) is 3.44. The summed E-state index contributed by atoms with van der Waals surface area (Å²) in [5, 5.41) is 9.08. The van der Waals surface area contributed by atoms with Crippen LogP contribution in [0.25, 0.3) is 21.9 Å². The molecule has 4 aromatic rings. The molecule has 2 heterocycles. The molecule has 0 radical (unpaired) electrons. The van der Waals surface area contributed by atoms with Gasteiger partial charge >= 0.3 is 0 Å². The predicted octanol–water partition coefficient (Wildman–Crippen LogP) is 3.71. The zero-order valence-electron chi connectivity index (χ0n) is 17.4. The number of nitrogens with one attached hydrogen (secondary N) is 1. The van der Waals surface area contributed by atoms with Crippen LogP contribution in [0.2, 0.25) is 0 Å². The number of amides is 1. The Balaban J connectivity index is 1.76. The van der Waals surface area contributed by atoms with Crippen LogP contribution in [0.4, 0.5) is 5.82 Å². The summed E-state index contributed by atoms with van der Waals surface area (Å²) >= 11 is 0. The molecular weight excluding hydrogens is 384 g/mol. The molecule has 1 amide bonds. The lowest BCUT2D eigenvalue weighted by atomic mass is 10.1. The molecule has 30 heavy (non-hydrogen) atoms. The number of pyridine rings is 1. The highest BCUT2D eigenvalue weighted by Crippen LogP contribution is 2.38. The number of fused-ring (bicyclic) bond motifs is 2. The fourth-order valence-corrected chi connectivity index (χ4v) is 3.44. The first kappa shape index (κ1) is 19.5. The molecule has 0 fully saturated rings. The number of aromatic nitrogens is 3. The quantitative estimate of drug-likeness (QED) is 0.544. The van der Waals surface area contributed by atoms with Crippen molar-refractivity contribution >= 4 is 33.7 Å². The van der Waals surface area contributed by atoms with E-state index >= 15 is 0 Å². The van der Waals surface area contributed by atoms with Crippen molar-refractivity contribution < 1.29 is 19.0 Å². The molecule has 154 valence electrons. The Morgan fingerprint density at radius 1 is 1.00 bits per heavy atom. The number of carbonyl (C=O) groups is 1. The van der Waals surface area contributed by atoms with Crippen molar-refractivity contribution in [3.05, 3.63) is 47.5 Å².